The van der Waals surface area contributed by atoms with Crippen LogP contribution < -0.4 is 5.73 Å². The minimum Gasteiger partial charge on any atom is -0.462 e. The molecule has 1 amide bonds. The summed E-state index contributed by atoms with van der Waals surface area (Å²) in [5, 5.41) is 33.9. The van der Waals surface area contributed by atoms with Crippen LogP contribution in [0.2, 0.25) is 0 Å². The smallest absolute Gasteiger partial charge is 0.404 e. The molecular weight excluding hydrogens is 698 g/mol. The van der Waals surface area contributed by atoms with Gasteiger partial charge in [0.05, 0.1) is 30.8 Å². The number of cyclic esters (lactones) is 1. The maximum Gasteiger partial charge on any atom is 0.404 e. The summed E-state index contributed by atoms with van der Waals surface area (Å²) in [6, 6.07) is 0. The molecule has 4 aliphatic heterocycles. The van der Waals surface area contributed by atoms with Gasteiger partial charge in [-0.3, -0.25) is 9.59 Å². The number of ether oxygens (including phenoxy) is 6. The Morgan fingerprint density at radius 1 is 1.04 bits per heavy atom. The summed E-state index contributed by atoms with van der Waals surface area (Å²) in [5.41, 5.74) is 6.26. The number of hydrogen-bond donors (Lipinski definition) is 4. The van der Waals surface area contributed by atoms with Crippen molar-refractivity contribution in [1.82, 2.24) is 0 Å². The van der Waals surface area contributed by atoms with Gasteiger partial charge in [-0.25, -0.2) is 4.79 Å². The Bertz CT molecular complexity index is 1410. The standard InChI is InChI=1S/C41H65NO12/c1-10-31(43)40(9)38(54-40)26(6)19-25(5)37-27(7)34(45)22(2)15-16-29(50-33-20-30(51-39(42)47)35(46)28(8)49-33)14-12-11-13-23(3)36-24(4)17-18-41(48,53-36)21-32(44)52-37/h13,15-17,22,25-30,33-38,45-46,48H,10-12,14,18-21H2,1-9H3,(H2,42,47). The number of hydrogen-bond acceptors (Lipinski definition) is 12. The number of primary amides is 1. The first-order valence-corrected chi connectivity index (χ1v) is 19.7. The van der Waals surface area contributed by atoms with Crippen molar-refractivity contribution in [2.45, 2.75) is 180 Å². The molecule has 2 bridgehead atoms. The van der Waals surface area contributed by atoms with Crippen molar-refractivity contribution in [2.75, 3.05) is 0 Å². The molecule has 0 aromatic rings. The molecule has 2 fully saturated rings. The van der Waals surface area contributed by atoms with E-state index in [4.69, 9.17) is 34.2 Å². The molecule has 13 heteroatoms. The van der Waals surface area contributed by atoms with Crippen LogP contribution >= 0.6 is 0 Å². The van der Waals surface area contributed by atoms with Gasteiger partial charge in [-0.15, -0.1) is 0 Å². The quantitative estimate of drug-likeness (QED) is 0.137. The Labute approximate surface area is 320 Å². The van der Waals surface area contributed by atoms with Gasteiger partial charge in [0, 0.05) is 31.1 Å². The van der Waals surface area contributed by atoms with Gasteiger partial charge in [-0.2, -0.15) is 0 Å². The summed E-state index contributed by atoms with van der Waals surface area (Å²) < 4.78 is 35.8. The number of rotatable bonds is 9. The number of fused-ring (bicyclic) bond motifs is 2. The van der Waals surface area contributed by atoms with E-state index in [1.54, 1.807) is 6.92 Å². The molecule has 4 aliphatic rings. The Morgan fingerprint density at radius 3 is 2.39 bits per heavy atom. The van der Waals surface area contributed by atoms with Crippen LogP contribution in [-0.2, 0) is 38.0 Å². The molecule has 0 spiro atoms. The number of aliphatic hydroxyl groups excluding tert-OH is 2. The Kier molecular flexibility index (Phi) is 15.1. The predicted octanol–water partition coefficient (Wildman–Crippen LogP) is 5.18. The lowest BCUT2D eigenvalue weighted by Crippen LogP contribution is -2.50. The van der Waals surface area contributed by atoms with E-state index in [1.807, 2.05) is 73.6 Å². The van der Waals surface area contributed by atoms with Gasteiger partial charge in [-0.05, 0) is 76.4 Å². The van der Waals surface area contributed by atoms with E-state index in [9.17, 15) is 29.7 Å². The van der Waals surface area contributed by atoms with Crippen molar-refractivity contribution in [3.63, 3.8) is 0 Å². The summed E-state index contributed by atoms with van der Waals surface area (Å²) in [4.78, 5) is 37.8. The van der Waals surface area contributed by atoms with Gasteiger partial charge in [0.25, 0.3) is 0 Å². The summed E-state index contributed by atoms with van der Waals surface area (Å²) in [7, 11) is 0. The molecule has 15 unspecified atom stereocenters. The van der Waals surface area contributed by atoms with Crippen LogP contribution in [-0.4, -0.2) is 99.7 Å². The topological polar surface area (TPSA) is 197 Å². The number of Topliss-reactive ketones (excluding diaryl/α,β-unsaturated/α-hetero) is 1. The predicted molar refractivity (Wildman–Crippen MR) is 200 cm³/mol. The lowest BCUT2D eigenvalue weighted by molar-refractivity contribution is -0.254. The number of epoxide rings is 1. The number of carbonyl (C=O) groups excluding carboxylic acids is 3. The van der Waals surface area contributed by atoms with Crippen LogP contribution in [0.1, 0.15) is 114 Å². The van der Waals surface area contributed by atoms with E-state index < -0.39 is 84.3 Å². The first kappa shape index (κ1) is 44.1. The zero-order valence-corrected chi connectivity index (χ0v) is 33.6. The molecule has 54 heavy (non-hydrogen) atoms. The van der Waals surface area contributed by atoms with Gasteiger partial charge in [0.2, 0.25) is 0 Å². The second-order valence-corrected chi connectivity index (χ2v) is 16.5. The number of amides is 1. The number of esters is 1. The maximum atomic E-state index is 13.7. The highest BCUT2D eigenvalue weighted by atomic mass is 16.7. The normalized spacial score (nSPS) is 40.9. The molecule has 0 radical (unpaired) electrons. The van der Waals surface area contributed by atoms with Crippen molar-refractivity contribution in [3.8, 4) is 0 Å². The third-order valence-electron chi connectivity index (χ3n) is 11.8. The van der Waals surface area contributed by atoms with Gasteiger partial charge in [-0.1, -0.05) is 58.9 Å². The fourth-order valence-corrected chi connectivity index (χ4v) is 8.43. The van der Waals surface area contributed by atoms with E-state index in [1.165, 1.54) is 0 Å². The maximum absolute atomic E-state index is 13.7. The highest BCUT2D eigenvalue weighted by molar-refractivity contribution is 5.89. The minimum atomic E-state index is -1.77. The third kappa shape index (κ3) is 11.0. The van der Waals surface area contributed by atoms with Crippen LogP contribution in [0.15, 0.2) is 35.5 Å². The van der Waals surface area contributed by atoms with Crippen LogP contribution in [0.5, 0.6) is 0 Å². The second kappa shape index (κ2) is 18.5. The Hall–Kier alpha value is -2.65. The molecule has 0 saturated carbocycles. The average Bonchev–Trinajstić information content (AvgIpc) is 3.81. The molecule has 5 N–H and O–H groups in total. The van der Waals surface area contributed by atoms with Crippen LogP contribution in [0, 0.1) is 23.7 Å². The van der Waals surface area contributed by atoms with E-state index >= 15 is 0 Å². The van der Waals surface area contributed by atoms with E-state index in [0.717, 1.165) is 11.1 Å². The number of nitrogens with two attached hydrogens (primary N) is 1. The molecule has 13 nitrogen and oxygen atoms in total. The van der Waals surface area contributed by atoms with Gasteiger partial charge in [0.15, 0.2) is 23.5 Å². The summed E-state index contributed by atoms with van der Waals surface area (Å²) >= 11 is 0. The molecule has 4 heterocycles. The number of carbonyl (C=O) groups is 3. The molecule has 2 saturated heterocycles. The zero-order chi connectivity index (χ0) is 40.1. The first-order valence-electron chi connectivity index (χ1n) is 19.7. The summed E-state index contributed by atoms with van der Waals surface area (Å²) in [5.74, 6) is -3.55. The third-order valence-corrected chi connectivity index (χ3v) is 11.8. The van der Waals surface area contributed by atoms with Crippen molar-refractivity contribution in [3.05, 3.63) is 35.5 Å². The molecule has 4 rings (SSSR count). The fraction of sp³-hybridized carbons (Fsp3) is 0.780. The fourth-order valence-electron chi connectivity index (χ4n) is 8.43. The number of allylic oxidation sites excluding steroid dienone is 1. The van der Waals surface area contributed by atoms with Crippen molar-refractivity contribution < 1.29 is 58.1 Å². The number of aliphatic hydroxyl groups is 3. The van der Waals surface area contributed by atoms with Crippen LogP contribution in [0.3, 0.4) is 0 Å². The first-order chi connectivity index (χ1) is 25.3. The molecule has 0 aromatic carbocycles. The minimum absolute atomic E-state index is 0.0277. The van der Waals surface area contributed by atoms with E-state index in [-0.39, 0.29) is 43.0 Å². The Morgan fingerprint density at radius 2 is 1.72 bits per heavy atom. The zero-order valence-electron chi connectivity index (χ0n) is 33.6. The van der Waals surface area contributed by atoms with Gasteiger partial charge < -0.3 is 49.5 Å². The van der Waals surface area contributed by atoms with E-state index in [2.05, 4.69) is 6.08 Å². The van der Waals surface area contributed by atoms with E-state index in [0.29, 0.717) is 32.1 Å². The van der Waals surface area contributed by atoms with Gasteiger partial charge in [0.1, 0.15) is 24.4 Å². The largest absolute Gasteiger partial charge is 0.462 e. The lowest BCUT2D eigenvalue weighted by Gasteiger charge is -2.38. The molecule has 0 aliphatic carbocycles. The van der Waals surface area contributed by atoms with Gasteiger partial charge >= 0.3 is 12.1 Å². The van der Waals surface area contributed by atoms with Crippen molar-refractivity contribution in [2.24, 2.45) is 29.4 Å². The molecule has 306 valence electrons. The molecular formula is C41H65NO12. The average molecular weight is 764 g/mol. The highest BCUT2D eigenvalue weighted by Gasteiger charge is 2.59. The SMILES string of the molecule is CCC(=O)C1(C)OC1C(C)CC(C)C1OC(=O)CC2(O)CC=C(C)C(O2)C(C)=CCCCC(OC2CC(OC(N)=O)C(O)C(C)O2)C=CC(C)C(O)C1C. The monoisotopic (exact) mass is 763 g/mol. The summed E-state index contributed by atoms with van der Waals surface area (Å²) in [6.07, 6.45) is 3.12. The van der Waals surface area contributed by atoms with Crippen molar-refractivity contribution in [1.29, 1.82) is 0 Å². The lowest BCUT2D eigenvalue weighted by atomic mass is 9.79. The Balaban J connectivity index is 1.60. The van der Waals surface area contributed by atoms with Crippen LogP contribution in [0.4, 0.5) is 4.79 Å². The second-order valence-electron chi connectivity index (χ2n) is 16.5. The molecule has 15 atom stereocenters. The highest BCUT2D eigenvalue weighted by Crippen LogP contribution is 2.45. The van der Waals surface area contributed by atoms with Crippen molar-refractivity contribution >= 4 is 17.8 Å². The summed E-state index contributed by atoms with van der Waals surface area (Å²) in [6.45, 7) is 16.9. The molecule has 0 aromatic heterocycles. The number of ketones is 1. The van der Waals surface area contributed by atoms with Crippen LogP contribution in [0.25, 0.3) is 0 Å².